The summed E-state index contributed by atoms with van der Waals surface area (Å²) in [6.07, 6.45) is 4.82. The highest BCUT2D eigenvalue weighted by Gasteiger charge is 2.10. The molecule has 0 aromatic heterocycles. The summed E-state index contributed by atoms with van der Waals surface area (Å²) in [6.45, 7) is 4.59. The Morgan fingerprint density at radius 3 is 2.41 bits per heavy atom. The van der Waals surface area contributed by atoms with Crippen LogP contribution >= 0.6 is 0 Å². The maximum absolute atomic E-state index is 11.8. The lowest BCUT2D eigenvalue weighted by atomic mass is 10.1. The van der Waals surface area contributed by atoms with Gasteiger partial charge in [0.15, 0.2) is 0 Å². The van der Waals surface area contributed by atoms with Gasteiger partial charge in [0.2, 0.25) is 0 Å². The lowest BCUT2D eigenvalue weighted by molar-refractivity contribution is -0.144. The van der Waals surface area contributed by atoms with E-state index in [0.717, 1.165) is 31.2 Å². The lowest BCUT2D eigenvalue weighted by Gasteiger charge is -2.08. The van der Waals surface area contributed by atoms with Gasteiger partial charge in [-0.3, -0.25) is 9.59 Å². The molecule has 0 unspecified atom stereocenters. The standard InChI is InChI=1S/C18H26O4/c1-3-5-8-14-21-17(19)12-9-13-18(20)22-16-11-7-6-10-15(16)4-2/h6-7,10-11H,3-5,8-9,12-14H2,1-2H3. The zero-order valence-electron chi connectivity index (χ0n) is 13.6. The molecule has 0 amide bonds. The maximum Gasteiger partial charge on any atom is 0.311 e. The molecule has 0 spiro atoms. The molecule has 0 radical (unpaired) electrons. The lowest BCUT2D eigenvalue weighted by Crippen LogP contribution is -2.11. The number of carbonyl (C=O) groups excluding carboxylic acids is 2. The van der Waals surface area contributed by atoms with Gasteiger partial charge in [-0.25, -0.2) is 0 Å². The van der Waals surface area contributed by atoms with Gasteiger partial charge in [-0.2, -0.15) is 0 Å². The number of esters is 2. The highest BCUT2D eigenvalue weighted by Crippen LogP contribution is 2.19. The van der Waals surface area contributed by atoms with Gasteiger partial charge < -0.3 is 9.47 Å². The number of carbonyl (C=O) groups is 2. The van der Waals surface area contributed by atoms with Crippen LogP contribution in [0.15, 0.2) is 24.3 Å². The van der Waals surface area contributed by atoms with E-state index in [4.69, 9.17) is 9.47 Å². The third-order valence-electron chi connectivity index (χ3n) is 3.35. The fourth-order valence-corrected chi connectivity index (χ4v) is 2.06. The largest absolute Gasteiger partial charge is 0.466 e. The van der Waals surface area contributed by atoms with Crippen molar-refractivity contribution in [1.29, 1.82) is 0 Å². The van der Waals surface area contributed by atoms with Crippen LogP contribution < -0.4 is 4.74 Å². The molecule has 0 bridgehead atoms. The summed E-state index contributed by atoms with van der Waals surface area (Å²) >= 11 is 0. The number of benzene rings is 1. The maximum atomic E-state index is 11.8. The van der Waals surface area contributed by atoms with Crippen molar-refractivity contribution in [2.45, 2.75) is 58.8 Å². The molecule has 0 aliphatic carbocycles. The van der Waals surface area contributed by atoms with Gasteiger partial charge in [0.05, 0.1) is 6.61 Å². The summed E-state index contributed by atoms with van der Waals surface area (Å²) in [4.78, 5) is 23.3. The Balaban J connectivity index is 2.22. The Kier molecular flexibility index (Phi) is 8.96. The monoisotopic (exact) mass is 306 g/mol. The molecule has 22 heavy (non-hydrogen) atoms. The molecular weight excluding hydrogens is 280 g/mol. The van der Waals surface area contributed by atoms with Gasteiger partial charge in [-0.05, 0) is 30.9 Å². The molecule has 0 aliphatic rings. The van der Waals surface area contributed by atoms with Crippen LogP contribution in [0.3, 0.4) is 0 Å². The van der Waals surface area contributed by atoms with E-state index < -0.39 is 0 Å². The van der Waals surface area contributed by atoms with Gasteiger partial charge in [-0.15, -0.1) is 0 Å². The van der Waals surface area contributed by atoms with E-state index >= 15 is 0 Å². The number of hydrogen-bond donors (Lipinski definition) is 0. The fourth-order valence-electron chi connectivity index (χ4n) is 2.06. The molecule has 4 heteroatoms. The summed E-state index contributed by atoms with van der Waals surface area (Å²) in [5, 5.41) is 0. The minimum absolute atomic E-state index is 0.224. The first-order valence-electron chi connectivity index (χ1n) is 8.11. The third kappa shape index (κ3) is 7.25. The minimum atomic E-state index is -0.306. The molecule has 1 rings (SSSR count). The quantitative estimate of drug-likeness (QED) is 0.371. The molecule has 0 heterocycles. The number of aryl methyl sites for hydroxylation is 1. The zero-order valence-corrected chi connectivity index (χ0v) is 13.6. The molecule has 1 aromatic carbocycles. The van der Waals surface area contributed by atoms with E-state index in [1.165, 1.54) is 0 Å². The Morgan fingerprint density at radius 2 is 1.68 bits per heavy atom. The first-order chi connectivity index (χ1) is 10.7. The molecular formula is C18H26O4. The average Bonchev–Trinajstić information content (AvgIpc) is 2.52. The van der Waals surface area contributed by atoms with Crippen molar-refractivity contribution in [1.82, 2.24) is 0 Å². The first-order valence-corrected chi connectivity index (χ1v) is 8.11. The van der Waals surface area contributed by atoms with Gasteiger partial charge in [0, 0.05) is 12.8 Å². The number of rotatable bonds is 10. The molecule has 0 N–H and O–H groups in total. The number of hydrogen-bond acceptors (Lipinski definition) is 4. The van der Waals surface area contributed by atoms with Crippen molar-refractivity contribution >= 4 is 11.9 Å². The summed E-state index contributed by atoms with van der Waals surface area (Å²) in [7, 11) is 0. The zero-order chi connectivity index (χ0) is 16.2. The fraction of sp³-hybridized carbons (Fsp3) is 0.556. The number of ether oxygens (including phenoxy) is 2. The number of para-hydroxylation sites is 1. The molecule has 0 saturated carbocycles. The average molecular weight is 306 g/mol. The second-order valence-corrected chi connectivity index (χ2v) is 5.22. The van der Waals surface area contributed by atoms with Crippen molar-refractivity contribution in [3.63, 3.8) is 0 Å². The summed E-state index contributed by atoms with van der Waals surface area (Å²) in [5.41, 5.74) is 1.01. The van der Waals surface area contributed by atoms with Gasteiger partial charge >= 0.3 is 11.9 Å². The van der Waals surface area contributed by atoms with Crippen molar-refractivity contribution < 1.29 is 19.1 Å². The first kappa shape index (κ1) is 18.2. The van der Waals surface area contributed by atoms with Crippen molar-refractivity contribution in [2.24, 2.45) is 0 Å². The third-order valence-corrected chi connectivity index (χ3v) is 3.35. The Bertz CT molecular complexity index is 468. The van der Waals surface area contributed by atoms with Crippen LogP contribution in [-0.4, -0.2) is 18.5 Å². The molecule has 0 atom stereocenters. The van der Waals surface area contributed by atoms with E-state index in [9.17, 15) is 9.59 Å². The van der Waals surface area contributed by atoms with Crippen LogP contribution in [0.2, 0.25) is 0 Å². The van der Waals surface area contributed by atoms with Crippen LogP contribution in [0.25, 0.3) is 0 Å². The SMILES string of the molecule is CCCCCOC(=O)CCCC(=O)Oc1ccccc1CC. The van der Waals surface area contributed by atoms with Crippen molar-refractivity contribution in [3.05, 3.63) is 29.8 Å². The predicted molar refractivity (Wildman–Crippen MR) is 85.8 cm³/mol. The Hall–Kier alpha value is -1.84. The highest BCUT2D eigenvalue weighted by molar-refractivity contribution is 5.74. The second kappa shape index (κ2) is 10.8. The van der Waals surface area contributed by atoms with Crippen molar-refractivity contribution in [2.75, 3.05) is 6.61 Å². The van der Waals surface area contributed by atoms with Crippen LogP contribution in [0.5, 0.6) is 5.75 Å². The normalized spacial score (nSPS) is 10.3. The molecule has 0 saturated heterocycles. The van der Waals surface area contributed by atoms with Crippen LogP contribution in [0.4, 0.5) is 0 Å². The molecule has 4 nitrogen and oxygen atoms in total. The summed E-state index contributed by atoms with van der Waals surface area (Å²) < 4.78 is 10.4. The Labute approximate surface area is 132 Å². The molecule has 0 aliphatic heterocycles. The summed E-state index contributed by atoms with van der Waals surface area (Å²) in [5.74, 6) is 0.0645. The molecule has 0 fully saturated rings. The van der Waals surface area contributed by atoms with Crippen molar-refractivity contribution in [3.8, 4) is 5.75 Å². The smallest absolute Gasteiger partial charge is 0.311 e. The van der Waals surface area contributed by atoms with E-state index in [-0.39, 0.29) is 24.8 Å². The second-order valence-electron chi connectivity index (χ2n) is 5.22. The molecule has 122 valence electrons. The van der Waals surface area contributed by atoms with E-state index in [1.54, 1.807) is 6.07 Å². The van der Waals surface area contributed by atoms with Crippen LogP contribution in [-0.2, 0) is 20.7 Å². The summed E-state index contributed by atoms with van der Waals surface area (Å²) in [6, 6.07) is 7.50. The van der Waals surface area contributed by atoms with E-state index in [1.807, 2.05) is 25.1 Å². The van der Waals surface area contributed by atoms with Gasteiger partial charge in [0.1, 0.15) is 5.75 Å². The molecule has 1 aromatic rings. The van der Waals surface area contributed by atoms with Crippen LogP contribution in [0, 0.1) is 0 Å². The van der Waals surface area contributed by atoms with E-state index in [0.29, 0.717) is 18.8 Å². The van der Waals surface area contributed by atoms with Gasteiger partial charge in [0.25, 0.3) is 0 Å². The topological polar surface area (TPSA) is 52.6 Å². The van der Waals surface area contributed by atoms with Gasteiger partial charge in [-0.1, -0.05) is 44.9 Å². The Morgan fingerprint density at radius 1 is 0.955 bits per heavy atom. The van der Waals surface area contributed by atoms with E-state index in [2.05, 4.69) is 6.92 Å². The van der Waals surface area contributed by atoms with Crippen LogP contribution in [0.1, 0.15) is 57.9 Å². The highest BCUT2D eigenvalue weighted by atomic mass is 16.5. The predicted octanol–water partition coefficient (Wildman–Crippen LogP) is 4.06. The minimum Gasteiger partial charge on any atom is -0.466 e. The number of unbranched alkanes of at least 4 members (excludes halogenated alkanes) is 2.